The Balaban J connectivity index is 0.00000122. The number of carbonyl (C=O) groups excluding carboxylic acids is 2. The zero-order chi connectivity index (χ0) is 16.6. The molecule has 21 heavy (non-hydrogen) atoms. The van der Waals surface area contributed by atoms with Crippen LogP contribution in [-0.4, -0.2) is 27.8 Å². The van der Waals surface area contributed by atoms with E-state index in [2.05, 4.69) is 9.98 Å². The van der Waals surface area contributed by atoms with Gasteiger partial charge in [0.15, 0.2) is 0 Å². The number of aliphatic imine (C=N–C) groups is 2. The van der Waals surface area contributed by atoms with Gasteiger partial charge in [-0.1, -0.05) is 0 Å². The maximum absolute atomic E-state index is 11.0. The third-order valence-corrected chi connectivity index (χ3v) is 2.51. The zero-order valence-corrected chi connectivity index (χ0v) is 15.0. The van der Waals surface area contributed by atoms with Crippen molar-refractivity contribution in [2.45, 2.75) is 27.7 Å². The molecule has 8 heteroatoms. The second kappa shape index (κ2) is 9.90. The van der Waals surface area contributed by atoms with Gasteiger partial charge in [0.2, 0.25) is 11.8 Å². The third-order valence-electron chi connectivity index (χ3n) is 2.51. The number of amides is 2. The summed E-state index contributed by atoms with van der Waals surface area (Å²) in [6.07, 6.45) is 0. The fourth-order valence-electron chi connectivity index (χ4n) is 1.82. The van der Waals surface area contributed by atoms with Gasteiger partial charge in [0.25, 0.3) is 0 Å². The van der Waals surface area contributed by atoms with Gasteiger partial charge < -0.3 is 4.57 Å². The molecule has 0 aromatic carbocycles. The second-order valence-corrected chi connectivity index (χ2v) is 5.97. The number of hydrogen-bond donors (Lipinski definition) is 0. The van der Waals surface area contributed by atoms with Gasteiger partial charge in [-0.3, -0.25) is 9.59 Å². The summed E-state index contributed by atoms with van der Waals surface area (Å²) in [6.45, 7) is 6.38. The van der Waals surface area contributed by atoms with Crippen molar-refractivity contribution in [2.75, 3.05) is 0 Å². The summed E-state index contributed by atoms with van der Waals surface area (Å²) in [5.41, 5.74) is 2.95. The number of nitrogens with zero attached hydrogens (tertiary/aromatic N) is 3. The molecular weight excluding hydrogens is 357 g/mol. The first-order valence-electron chi connectivity index (χ1n) is 5.88. The number of rotatable bonds is 2. The molecule has 0 aliphatic heterocycles. The molecule has 118 valence electrons. The standard InChI is InChI=1S/C13H17N3O2.2ClH.Fe/c1-8(14-10(3)17)12-6-7-13(16(12)5)9(2)15-11(4)18;;;/h6-7H,1-5H3;2*1H;/q;;;+2/p-2. The Morgan fingerprint density at radius 3 is 1.48 bits per heavy atom. The fraction of sp³-hybridized carbons (Fsp3) is 0.385. The molecule has 0 bridgehead atoms. The van der Waals surface area contributed by atoms with E-state index in [1.807, 2.05) is 23.7 Å². The predicted octanol–water partition coefficient (Wildman–Crippen LogP) is 3.11. The van der Waals surface area contributed by atoms with Crippen LogP contribution in [0.5, 0.6) is 0 Å². The summed E-state index contributed by atoms with van der Waals surface area (Å²) < 4.78 is 1.86. The van der Waals surface area contributed by atoms with Gasteiger partial charge in [-0.15, -0.1) is 0 Å². The molecule has 0 spiro atoms. The molecule has 0 unspecified atom stereocenters. The van der Waals surface area contributed by atoms with E-state index >= 15 is 0 Å². The van der Waals surface area contributed by atoms with E-state index in [0.29, 0.717) is 11.4 Å². The maximum atomic E-state index is 11.0. The summed E-state index contributed by atoms with van der Waals surface area (Å²) in [5, 5.41) is 0. The molecule has 0 aliphatic carbocycles. The second-order valence-electron chi connectivity index (χ2n) is 4.15. The number of hydrogen-bond acceptors (Lipinski definition) is 2. The predicted molar refractivity (Wildman–Crippen MR) is 82.9 cm³/mol. The van der Waals surface area contributed by atoms with Crippen molar-refractivity contribution in [3.05, 3.63) is 23.5 Å². The van der Waals surface area contributed by atoms with Crippen molar-refractivity contribution in [1.82, 2.24) is 4.57 Å². The SMILES string of the molecule is CC(=O)N=C(C)c1ccc(C(C)=NC(C)=O)n1C.[Cl][Fe][Cl]. The van der Waals surface area contributed by atoms with Gasteiger partial charge in [0.1, 0.15) is 0 Å². The average Bonchev–Trinajstić information content (AvgIpc) is 2.70. The molecular formula is C13H17Cl2FeN3O2. The molecule has 0 atom stereocenters. The van der Waals surface area contributed by atoms with Crippen LogP contribution in [0, 0.1) is 0 Å². The van der Waals surface area contributed by atoms with E-state index in [0.717, 1.165) is 11.4 Å². The van der Waals surface area contributed by atoms with Crippen molar-refractivity contribution in [2.24, 2.45) is 17.0 Å². The van der Waals surface area contributed by atoms with Crippen LogP contribution in [-0.2, 0) is 29.8 Å². The van der Waals surface area contributed by atoms with E-state index in [4.69, 9.17) is 20.2 Å². The Hall–Kier alpha value is -0.941. The van der Waals surface area contributed by atoms with Crippen LogP contribution in [0.4, 0.5) is 0 Å². The Morgan fingerprint density at radius 2 is 1.24 bits per heavy atom. The average molecular weight is 374 g/mol. The molecule has 0 saturated heterocycles. The van der Waals surface area contributed by atoms with E-state index in [1.54, 1.807) is 13.8 Å². The number of carbonyl (C=O) groups is 2. The summed E-state index contributed by atoms with van der Waals surface area (Å²) in [6, 6.07) is 3.71. The van der Waals surface area contributed by atoms with E-state index < -0.39 is 0 Å². The summed E-state index contributed by atoms with van der Waals surface area (Å²) in [5.74, 6) is -0.464. The molecule has 0 aliphatic rings. The van der Waals surface area contributed by atoms with Gasteiger partial charge in [-0.2, -0.15) is 0 Å². The van der Waals surface area contributed by atoms with Crippen molar-refractivity contribution < 1.29 is 22.7 Å². The molecule has 0 N–H and O–H groups in total. The van der Waals surface area contributed by atoms with Gasteiger partial charge in [0.05, 0.1) is 22.8 Å². The molecule has 0 fully saturated rings. The molecule has 1 rings (SSSR count). The normalized spacial score (nSPS) is 12.0. The Labute approximate surface area is 139 Å². The van der Waals surface area contributed by atoms with Crippen LogP contribution < -0.4 is 0 Å². The Morgan fingerprint density at radius 1 is 0.952 bits per heavy atom. The summed E-state index contributed by atoms with van der Waals surface area (Å²) >= 11 is 0.194. The van der Waals surface area contributed by atoms with Crippen LogP contribution in [0.1, 0.15) is 39.1 Å². The van der Waals surface area contributed by atoms with Crippen LogP contribution in [0.3, 0.4) is 0 Å². The zero-order valence-electron chi connectivity index (χ0n) is 12.4. The Kier molecular flexibility index (Phi) is 9.46. The van der Waals surface area contributed by atoms with Crippen molar-refractivity contribution in [3.63, 3.8) is 0 Å². The third kappa shape index (κ3) is 7.05. The molecule has 1 aromatic heterocycles. The van der Waals surface area contributed by atoms with E-state index in [9.17, 15) is 9.59 Å². The number of aromatic nitrogens is 1. The first-order valence-corrected chi connectivity index (χ1v) is 8.91. The van der Waals surface area contributed by atoms with Crippen molar-refractivity contribution in [3.8, 4) is 0 Å². The van der Waals surface area contributed by atoms with E-state index in [1.165, 1.54) is 13.8 Å². The quantitative estimate of drug-likeness (QED) is 0.590. The molecule has 5 nitrogen and oxygen atoms in total. The summed E-state index contributed by atoms with van der Waals surface area (Å²) in [7, 11) is 11.4. The van der Waals surface area contributed by atoms with E-state index in [-0.39, 0.29) is 24.9 Å². The fourth-order valence-corrected chi connectivity index (χ4v) is 1.82. The molecule has 1 aromatic rings. The molecule has 2 amide bonds. The summed E-state index contributed by atoms with van der Waals surface area (Å²) in [4.78, 5) is 29.7. The monoisotopic (exact) mass is 373 g/mol. The van der Waals surface area contributed by atoms with Crippen molar-refractivity contribution >= 4 is 43.4 Å². The molecule has 0 saturated carbocycles. The molecule has 0 radical (unpaired) electrons. The van der Waals surface area contributed by atoms with Crippen LogP contribution in [0.2, 0.25) is 0 Å². The van der Waals surface area contributed by atoms with Gasteiger partial charge >= 0.3 is 33.3 Å². The first-order chi connectivity index (χ1) is 9.74. The minimum absolute atomic E-state index is 0.194. The first kappa shape index (κ1) is 20.1. The van der Waals surface area contributed by atoms with Crippen molar-refractivity contribution in [1.29, 1.82) is 0 Å². The minimum atomic E-state index is -0.232. The number of halogens is 2. The van der Waals surface area contributed by atoms with Crippen LogP contribution in [0.15, 0.2) is 22.1 Å². The molecule has 1 heterocycles. The van der Waals surface area contributed by atoms with Gasteiger partial charge in [-0.05, 0) is 26.0 Å². The van der Waals surface area contributed by atoms with Gasteiger partial charge in [-0.25, -0.2) is 9.98 Å². The topological polar surface area (TPSA) is 63.8 Å². The van der Waals surface area contributed by atoms with Crippen LogP contribution >= 0.6 is 20.2 Å². The van der Waals surface area contributed by atoms with Crippen LogP contribution in [0.25, 0.3) is 0 Å². The Bertz CT molecular complexity index is 532. The van der Waals surface area contributed by atoms with Gasteiger partial charge in [0, 0.05) is 20.9 Å².